The van der Waals surface area contributed by atoms with Crippen molar-refractivity contribution in [2.24, 2.45) is 4.99 Å². The van der Waals surface area contributed by atoms with E-state index in [1.165, 1.54) is 16.8 Å². The molecule has 0 bridgehead atoms. The molecule has 0 unspecified atom stereocenters. The Bertz CT molecular complexity index is 2480. The Morgan fingerprint density at radius 2 is 1.58 bits per heavy atom. The first-order chi connectivity index (χ1) is 27.3. The molecule has 13 nitrogen and oxygen atoms in total. The highest BCUT2D eigenvalue weighted by molar-refractivity contribution is 7.92. The van der Waals surface area contributed by atoms with Crippen molar-refractivity contribution in [3.05, 3.63) is 100 Å². The van der Waals surface area contributed by atoms with Gasteiger partial charge < -0.3 is 19.3 Å². The summed E-state index contributed by atoms with van der Waals surface area (Å²) in [5.41, 5.74) is 6.59. The van der Waals surface area contributed by atoms with Gasteiger partial charge in [0.05, 0.1) is 25.1 Å². The summed E-state index contributed by atoms with van der Waals surface area (Å²) in [4.78, 5) is 23.1. The Hall–Kier alpha value is -5.15. The number of nitrogens with one attached hydrogen (secondary N) is 2. The van der Waals surface area contributed by atoms with Gasteiger partial charge >= 0.3 is 0 Å². The number of nitrogens with zero attached hydrogens (tertiary/aromatic N) is 4. The van der Waals surface area contributed by atoms with Gasteiger partial charge in [0.15, 0.2) is 11.5 Å². The van der Waals surface area contributed by atoms with Gasteiger partial charge in [0.2, 0.25) is 31.3 Å². The first-order valence-electron chi connectivity index (χ1n) is 19.6. The fourth-order valence-electron chi connectivity index (χ4n) is 7.76. The van der Waals surface area contributed by atoms with Crippen molar-refractivity contribution in [2.45, 2.75) is 51.9 Å². The van der Waals surface area contributed by atoms with Crippen LogP contribution in [0.1, 0.15) is 49.3 Å². The molecule has 1 amide bonds. The third-order valence-corrected chi connectivity index (χ3v) is 11.7. The highest BCUT2D eigenvalue weighted by Crippen LogP contribution is 2.41. The molecule has 57 heavy (non-hydrogen) atoms. The number of fused-ring (bicyclic) bond motifs is 4. The number of carbonyl (C=O) groups excluding carboxylic acids is 1. The minimum Gasteiger partial charge on any atom is -0.492 e. The third kappa shape index (κ3) is 10.4. The summed E-state index contributed by atoms with van der Waals surface area (Å²) in [6.45, 7) is 6.88. The van der Waals surface area contributed by atoms with Gasteiger partial charge in [-0.15, -0.1) is 0 Å². The van der Waals surface area contributed by atoms with E-state index in [1.54, 1.807) is 36.4 Å². The van der Waals surface area contributed by atoms with Crippen molar-refractivity contribution >= 4 is 48.7 Å². The molecule has 2 N–H and O–H groups in total. The maximum Gasteiger partial charge on any atom is 0.229 e. The number of sulfonamides is 2. The van der Waals surface area contributed by atoms with E-state index in [0.29, 0.717) is 49.5 Å². The topological polar surface area (TPSA) is 150 Å². The summed E-state index contributed by atoms with van der Waals surface area (Å²) in [6.07, 6.45) is 7.99. The number of benzene rings is 4. The van der Waals surface area contributed by atoms with Gasteiger partial charge in [0.25, 0.3) is 0 Å². The van der Waals surface area contributed by atoms with E-state index in [2.05, 4.69) is 50.1 Å². The van der Waals surface area contributed by atoms with Crippen LogP contribution < -0.4 is 39.1 Å². The Morgan fingerprint density at radius 1 is 0.877 bits per heavy atom. The second-order valence-electron chi connectivity index (χ2n) is 14.9. The van der Waals surface area contributed by atoms with Crippen molar-refractivity contribution in [1.29, 1.82) is 0 Å². The van der Waals surface area contributed by atoms with Crippen LogP contribution in [0.4, 0.5) is 22.7 Å². The maximum absolute atomic E-state index is 13.8. The smallest absolute Gasteiger partial charge is 0.229 e. The SMILES string of the molecule is CCN1CCCc2cc3c(cc21)Oc1cc2c(cc1=N3)CCC[N+]=2CCCC(=O)N(CCOc1ccc(NS(C)(=O)=O)cc1)CCc1ccc(NS(C)(=O)=O)cc1. The lowest BCUT2D eigenvalue weighted by atomic mass is 10.00. The number of anilines is 3. The summed E-state index contributed by atoms with van der Waals surface area (Å²) in [5.74, 6) is 2.13. The molecular formula is C42H51N6O7S2+. The zero-order valence-electron chi connectivity index (χ0n) is 32.8. The van der Waals surface area contributed by atoms with E-state index < -0.39 is 20.0 Å². The lowest BCUT2D eigenvalue weighted by Crippen LogP contribution is -2.40. The van der Waals surface area contributed by atoms with Crippen molar-refractivity contribution in [3.63, 3.8) is 0 Å². The van der Waals surface area contributed by atoms with Crippen molar-refractivity contribution in [2.75, 3.05) is 72.7 Å². The molecule has 3 aliphatic rings. The third-order valence-electron chi connectivity index (χ3n) is 10.5. The first kappa shape index (κ1) is 40.1. The Balaban J connectivity index is 1.02. The number of aryl methyl sites for hydroxylation is 2. The minimum atomic E-state index is -3.40. The van der Waals surface area contributed by atoms with E-state index in [-0.39, 0.29) is 12.5 Å². The van der Waals surface area contributed by atoms with Crippen LogP contribution in [0.3, 0.4) is 0 Å². The van der Waals surface area contributed by atoms with Crippen LogP contribution in [0.15, 0.2) is 77.8 Å². The molecule has 0 spiro atoms. The molecule has 0 atom stereocenters. The van der Waals surface area contributed by atoms with Crippen LogP contribution in [-0.4, -0.2) is 86.0 Å². The highest BCUT2D eigenvalue weighted by Gasteiger charge is 2.25. The van der Waals surface area contributed by atoms with Gasteiger partial charge in [-0.25, -0.2) is 26.4 Å². The Kier molecular flexibility index (Phi) is 12.1. The van der Waals surface area contributed by atoms with Gasteiger partial charge in [-0.05, 0) is 92.3 Å². The molecule has 7 rings (SSSR count). The van der Waals surface area contributed by atoms with Crippen molar-refractivity contribution < 1.29 is 31.1 Å². The lowest BCUT2D eigenvalue weighted by Gasteiger charge is -2.31. The lowest BCUT2D eigenvalue weighted by molar-refractivity contribution is -0.131. The normalized spacial score (nSPS) is 14.6. The van der Waals surface area contributed by atoms with Gasteiger partial charge in [0, 0.05) is 67.6 Å². The molecule has 4 aromatic carbocycles. The molecule has 15 heteroatoms. The maximum atomic E-state index is 13.8. The van der Waals surface area contributed by atoms with E-state index in [9.17, 15) is 21.6 Å². The summed E-state index contributed by atoms with van der Waals surface area (Å²) >= 11 is 0. The van der Waals surface area contributed by atoms with Crippen LogP contribution in [0, 0.1) is 0 Å². The van der Waals surface area contributed by atoms with Gasteiger partial charge in [-0.1, -0.05) is 12.1 Å². The second kappa shape index (κ2) is 17.1. The molecule has 4 aromatic rings. The number of hydrogen-bond donors (Lipinski definition) is 2. The number of amides is 1. The van der Waals surface area contributed by atoms with E-state index in [1.807, 2.05) is 17.0 Å². The summed E-state index contributed by atoms with van der Waals surface area (Å²) in [7, 11) is -6.78. The molecular weight excluding hydrogens is 765 g/mol. The quantitative estimate of drug-likeness (QED) is 0.137. The molecule has 0 aromatic heterocycles. The average molecular weight is 816 g/mol. The molecule has 3 heterocycles. The summed E-state index contributed by atoms with van der Waals surface area (Å²) in [6, 6.07) is 22.4. The predicted molar refractivity (Wildman–Crippen MR) is 224 cm³/mol. The minimum absolute atomic E-state index is 0.0209. The molecule has 3 aliphatic heterocycles. The molecule has 0 radical (unpaired) electrons. The zero-order valence-corrected chi connectivity index (χ0v) is 34.4. The number of rotatable bonds is 16. The van der Waals surface area contributed by atoms with Gasteiger partial charge in [-0.2, -0.15) is 0 Å². The van der Waals surface area contributed by atoms with Crippen molar-refractivity contribution in [1.82, 2.24) is 9.48 Å². The molecule has 0 saturated heterocycles. The fourth-order valence-corrected chi connectivity index (χ4v) is 8.89. The number of carbonyl (C=O) groups is 1. The standard InChI is InChI=1S/C42H51N6O7S2/c1-4-46-20-5-8-31-26-36-40(28-38(31)46)55-41-29-39-32(27-37(41)43-36)9-6-21-47(39)22-7-10-42(49)48(23-19-30-11-13-33(14-12-30)44-56(2,50)51)24-25-54-35-17-15-34(16-18-35)45-57(3,52)53/h11-18,26-29,44-45H,4-10,19-25H2,1-3H3/q+1. The number of hydrogen-bond acceptors (Lipinski definition) is 9. The Labute approximate surface area is 335 Å². The van der Waals surface area contributed by atoms with Crippen LogP contribution in [-0.2, 0) is 44.1 Å². The van der Waals surface area contributed by atoms with Gasteiger partial charge in [-0.3, -0.25) is 14.2 Å². The largest absolute Gasteiger partial charge is 0.492 e. The summed E-state index contributed by atoms with van der Waals surface area (Å²) < 4.78 is 66.2. The number of ether oxygens (including phenoxy) is 2. The molecule has 0 fully saturated rings. The van der Waals surface area contributed by atoms with Gasteiger partial charge in [0.1, 0.15) is 36.5 Å². The van der Waals surface area contributed by atoms with E-state index in [0.717, 1.165) is 97.8 Å². The van der Waals surface area contributed by atoms with E-state index >= 15 is 0 Å². The first-order valence-corrected chi connectivity index (χ1v) is 23.4. The van der Waals surface area contributed by atoms with Crippen molar-refractivity contribution in [3.8, 4) is 17.2 Å². The van der Waals surface area contributed by atoms with Crippen LogP contribution in [0.5, 0.6) is 17.2 Å². The fraction of sp³-hybridized carbons (Fsp3) is 0.405. The second-order valence-corrected chi connectivity index (χ2v) is 18.4. The molecule has 302 valence electrons. The zero-order chi connectivity index (χ0) is 40.2. The highest BCUT2D eigenvalue weighted by atomic mass is 32.2. The van der Waals surface area contributed by atoms with Crippen LogP contribution >= 0.6 is 0 Å². The summed E-state index contributed by atoms with van der Waals surface area (Å²) in [5, 5.41) is 2.00. The molecule has 0 aliphatic carbocycles. The Morgan fingerprint density at radius 3 is 2.28 bits per heavy atom. The van der Waals surface area contributed by atoms with E-state index in [4.69, 9.17) is 14.5 Å². The van der Waals surface area contributed by atoms with Crippen LogP contribution in [0.25, 0.3) is 0 Å². The monoisotopic (exact) mass is 815 g/mol. The van der Waals surface area contributed by atoms with Crippen LogP contribution in [0.2, 0.25) is 0 Å². The predicted octanol–water partition coefficient (Wildman–Crippen LogP) is 4.63. The average Bonchev–Trinajstić information content (AvgIpc) is 3.16. The molecule has 0 saturated carbocycles.